The Kier molecular flexibility index (Phi) is 6.38. The molecule has 1 aliphatic heterocycles. The Balaban J connectivity index is 2.15. The molecule has 0 unspecified atom stereocenters. The number of nitrogens with zero attached hydrogens (tertiary/aromatic N) is 2. The highest BCUT2D eigenvalue weighted by molar-refractivity contribution is 7.89. The minimum absolute atomic E-state index is 0.0716. The SMILES string of the molecule is Cc1ccc(C(=O)N[C@@H](C)C(=O)N2CCOCC2)cc1S(=O)(=O)N(C)C. The molecule has 26 heavy (non-hydrogen) atoms. The molecule has 0 saturated carbocycles. The summed E-state index contributed by atoms with van der Waals surface area (Å²) < 4.78 is 31.1. The minimum Gasteiger partial charge on any atom is -0.378 e. The number of ether oxygens (including phenoxy) is 1. The fourth-order valence-corrected chi connectivity index (χ4v) is 3.76. The van der Waals surface area contributed by atoms with Crippen molar-refractivity contribution in [1.82, 2.24) is 14.5 Å². The second kappa shape index (κ2) is 8.15. The number of nitrogens with one attached hydrogen (secondary N) is 1. The summed E-state index contributed by atoms with van der Waals surface area (Å²) in [6.45, 7) is 5.24. The van der Waals surface area contributed by atoms with Crippen LogP contribution in [0, 0.1) is 6.92 Å². The highest BCUT2D eigenvalue weighted by atomic mass is 32.2. The van der Waals surface area contributed by atoms with Crippen LogP contribution in [0.5, 0.6) is 0 Å². The van der Waals surface area contributed by atoms with Crippen LogP contribution < -0.4 is 5.32 Å². The van der Waals surface area contributed by atoms with Crippen molar-refractivity contribution in [3.63, 3.8) is 0 Å². The van der Waals surface area contributed by atoms with E-state index in [2.05, 4.69) is 5.32 Å². The maximum absolute atomic E-state index is 12.5. The smallest absolute Gasteiger partial charge is 0.251 e. The van der Waals surface area contributed by atoms with Crippen LogP contribution in [0.15, 0.2) is 23.1 Å². The summed E-state index contributed by atoms with van der Waals surface area (Å²) in [5, 5.41) is 2.64. The first-order valence-electron chi connectivity index (χ1n) is 8.35. The van der Waals surface area contributed by atoms with Gasteiger partial charge < -0.3 is 15.0 Å². The summed E-state index contributed by atoms with van der Waals surface area (Å²) in [4.78, 5) is 26.6. The third-order valence-corrected chi connectivity index (χ3v) is 6.21. The van der Waals surface area contributed by atoms with Gasteiger partial charge in [0.25, 0.3) is 5.91 Å². The lowest BCUT2D eigenvalue weighted by atomic mass is 10.1. The maximum atomic E-state index is 12.5. The zero-order valence-corrected chi connectivity index (χ0v) is 16.3. The van der Waals surface area contributed by atoms with E-state index in [0.29, 0.717) is 31.9 Å². The summed E-state index contributed by atoms with van der Waals surface area (Å²) in [7, 11) is -0.791. The van der Waals surface area contributed by atoms with Gasteiger partial charge in [0.15, 0.2) is 0 Å². The molecule has 1 heterocycles. The van der Waals surface area contributed by atoms with Crippen LogP contribution in [0.2, 0.25) is 0 Å². The van der Waals surface area contributed by atoms with Crippen LogP contribution in [-0.2, 0) is 19.6 Å². The monoisotopic (exact) mass is 383 g/mol. The number of carbonyl (C=O) groups is 2. The van der Waals surface area contributed by atoms with Crippen LogP contribution in [0.4, 0.5) is 0 Å². The molecular weight excluding hydrogens is 358 g/mol. The van der Waals surface area contributed by atoms with E-state index in [4.69, 9.17) is 4.74 Å². The summed E-state index contributed by atoms with van der Waals surface area (Å²) in [5.41, 5.74) is 0.741. The topological polar surface area (TPSA) is 96.0 Å². The average Bonchev–Trinajstić information content (AvgIpc) is 2.61. The van der Waals surface area contributed by atoms with E-state index in [1.54, 1.807) is 30.9 Å². The number of carbonyl (C=O) groups excluding carboxylic acids is 2. The Bertz CT molecular complexity index is 786. The van der Waals surface area contributed by atoms with Crippen molar-refractivity contribution in [2.75, 3.05) is 40.4 Å². The molecule has 144 valence electrons. The number of amides is 2. The van der Waals surface area contributed by atoms with Crippen LogP contribution in [0.25, 0.3) is 0 Å². The van der Waals surface area contributed by atoms with Gasteiger partial charge in [0.05, 0.1) is 18.1 Å². The molecule has 1 aromatic carbocycles. The van der Waals surface area contributed by atoms with Crippen molar-refractivity contribution in [2.45, 2.75) is 24.8 Å². The molecule has 1 aromatic rings. The molecule has 0 bridgehead atoms. The first-order valence-corrected chi connectivity index (χ1v) is 9.79. The van der Waals surface area contributed by atoms with Gasteiger partial charge in [-0.15, -0.1) is 0 Å². The van der Waals surface area contributed by atoms with E-state index in [1.165, 1.54) is 20.2 Å². The lowest BCUT2D eigenvalue weighted by Crippen LogP contribution is -2.50. The number of hydrogen-bond acceptors (Lipinski definition) is 5. The van der Waals surface area contributed by atoms with E-state index in [-0.39, 0.29) is 16.4 Å². The van der Waals surface area contributed by atoms with Crippen molar-refractivity contribution >= 4 is 21.8 Å². The number of hydrogen-bond donors (Lipinski definition) is 1. The average molecular weight is 383 g/mol. The first-order chi connectivity index (χ1) is 12.1. The van der Waals surface area contributed by atoms with Gasteiger partial charge in [0.2, 0.25) is 15.9 Å². The Labute approximate surface area is 154 Å². The molecule has 1 atom stereocenters. The molecule has 0 aliphatic carbocycles. The van der Waals surface area contributed by atoms with Crippen molar-refractivity contribution in [3.8, 4) is 0 Å². The molecule has 0 spiro atoms. The maximum Gasteiger partial charge on any atom is 0.251 e. The van der Waals surface area contributed by atoms with Crippen LogP contribution in [0.1, 0.15) is 22.8 Å². The molecule has 1 fully saturated rings. The van der Waals surface area contributed by atoms with Gasteiger partial charge in [-0.3, -0.25) is 9.59 Å². The predicted octanol–water partition coefficient (Wildman–Crippen LogP) is 0.222. The van der Waals surface area contributed by atoms with Gasteiger partial charge in [-0.1, -0.05) is 6.07 Å². The molecule has 0 aromatic heterocycles. The zero-order valence-electron chi connectivity index (χ0n) is 15.5. The van der Waals surface area contributed by atoms with E-state index < -0.39 is 22.0 Å². The molecule has 2 amide bonds. The summed E-state index contributed by atoms with van der Waals surface area (Å²) in [6.07, 6.45) is 0. The second-order valence-electron chi connectivity index (χ2n) is 6.40. The molecule has 0 radical (unpaired) electrons. The second-order valence-corrected chi connectivity index (χ2v) is 8.52. The Morgan fingerprint density at radius 3 is 2.42 bits per heavy atom. The molecule has 9 heteroatoms. The van der Waals surface area contributed by atoms with E-state index in [9.17, 15) is 18.0 Å². The van der Waals surface area contributed by atoms with Crippen molar-refractivity contribution in [1.29, 1.82) is 0 Å². The van der Waals surface area contributed by atoms with Crippen molar-refractivity contribution < 1.29 is 22.7 Å². The molecule has 1 N–H and O–H groups in total. The number of sulfonamides is 1. The normalized spacial score (nSPS) is 16.4. The number of aryl methyl sites for hydroxylation is 1. The van der Waals surface area contributed by atoms with E-state index in [0.717, 1.165) is 4.31 Å². The summed E-state index contributed by atoms with van der Waals surface area (Å²) in [5.74, 6) is -0.677. The fourth-order valence-electron chi connectivity index (χ4n) is 2.62. The van der Waals surface area contributed by atoms with Gasteiger partial charge in [-0.05, 0) is 31.5 Å². The van der Waals surface area contributed by atoms with Gasteiger partial charge >= 0.3 is 0 Å². The largest absolute Gasteiger partial charge is 0.378 e. The Morgan fingerprint density at radius 1 is 1.23 bits per heavy atom. The molecule has 1 aliphatic rings. The van der Waals surface area contributed by atoms with Crippen molar-refractivity contribution in [3.05, 3.63) is 29.3 Å². The summed E-state index contributed by atoms with van der Waals surface area (Å²) >= 11 is 0. The quantitative estimate of drug-likeness (QED) is 0.785. The van der Waals surface area contributed by atoms with Crippen LogP contribution in [-0.4, -0.2) is 75.9 Å². The van der Waals surface area contributed by atoms with Gasteiger partial charge in [0.1, 0.15) is 6.04 Å². The molecule has 2 rings (SSSR count). The molecular formula is C17H25N3O5S. The fraction of sp³-hybridized carbons (Fsp3) is 0.529. The zero-order chi connectivity index (χ0) is 19.5. The first kappa shape index (κ1) is 20.3. The Morgan fingerprint density at radius 2 is 1.85 bits per heavy atom. The lowest BCUT2D eigenvalue weighted by Gasteiger charge is -2.29. The highest BCUT2D eigenvalue weighted by Gasteiger charge is 2.25. The molecule has 8 nitrogen and oxygen atoms in total. The van der Waals surface area contributed by atoms with Crippen LogP contribution in [0.3, 0.4) is 0 Å². The van der Waals surface area contributed by atoms with E-state index >= 15 is 0 Å². The number of benzene rings is 1. The van der Waals surface area contributed by atoms with Gasteiger partial charge in [-0.25, -0.2) is 12.7 Å². The molecule has 1 saturated heterocycles. The Hall–Kier alpha value is -1.97. The van der Waals surface area contributed by atoms with Crippen LogP contribution >= 0.6 is 0 Å². The van der Waals surface area contributed by atoms with E-state index in [1.807, 2.05) is 0 Å². The number of rotatable bonds is 5. The van der Waals surface area contributed by atoms with Gasteiger partial charge in [0, 0.05) is 32.7 Å². The highest BCUT2D eigenvalue weighted by Crippen LogP contribution is 2.20. The third-order valence-electron chi connectivity index (χ3n) is 4.25. The minimum atomic E-state index is -3.66. The predicted molar refractivity (Wildman–Crippen MR) is 96.4 cm³/mol. The standard InChI is InChI=1S/C17H25N3O5S/c1-12-5-6-14(11-15(12)26(23,24)19(3)4)16(21)18-13(2)17(22)20-7-9-25-10-8-20/h5-6,11,13H,7-10H2,1-4H3,(H,18,21)/t13-/m0/s1. The van der Waals surface area contributed by atoms with Gasteiger partial charge in [-0.2, -0.15) is 0 Å². The van der Waals surface area contributed by atoms with Crippen molar-refractivity contribution in [2.24, 2.45) is 0 Å². The number of morpholine rings is 1. The lowest BCUT2D eigenvalue weighted by molar-refractivity contribution is -0.136. The third kappa shape index (κ3) is 4.40. The summed E-state index contributed by atoms with van der Waals surface area (Å²) in [6, 6.07) is 3.76.